The lowest BCUT2D eigenvalue weighted by molar-refractivity contribution is -0.135. The lowest BCUT2D eigenvalue weighted by Gasteiger charge is -2.34. The molecule has 104 valence electrons. The number of carbonyl (C=O) groups is 1. The van der Waals surface area contributed by atoms with Crippen LogP contribution in [0.3, 0.4) is 0 Å². The van der Waals surface area contributed by atoms with Crippen LogP contribution in [-0.2, 0) is 9.53 Å². The van der Waals surface area contributed by atoms with E-state index in [0.717, 1.165) is 45.7 Å². The molecule has 2 saturated heterocycles. The summed E-state index contributed by atoms with van der Waals surface area (Å²) in [6, 6.07) is 0.595. The highest BCUT2D eigenvalue weighted by Crippen LogP contribution is 2.07. The van der Waals surface area contributed by atoms with E-state index in [2.05, 4.69) is 17.1 Å². The smallest absolute Gasteiger partial charge is 0.222 e. The second-order valence-corrected chi connectivity index (χ2v) is 5.19. The molecule has 1 atom stereocenters. The minimum Gasteiger partial charge on any atom is -0.378 e. The van der Waals surface area contributed by atoms with Crippen molar-refractivity contribution >= 4 is 5.91 Å². The second kappa shape index (κ2) is 7.07. The Hall–Kier alpha value is -0.650. The summed E-state index contributed by atoms with van der Waals surface area (Å²) in [6.07, 6.45) is 1.65. The maximum Gasteiger partial charge on any atom is 0.222 e. The van der Waals surface area contributed by atoms with Crippen molar-refractivity contribution < 1.29 is 9.53 Å². The van der Waals surface area contributed by atoms with E-state index < -0.39 is 0 Å². The van der Waals surface area contributed by atoms with Crippen LogP contribution in [0.1, 0.15) is 19.8 Å². The Morgan fingerprint density at radius 3 is 2.83 bits per heavy atom. The van der Waals surface area contributed by atoms with E-state index in [4.69, 9.17) is 4.74 Å². The van der Waals surface area contributed by atoms with E-state index in [1.807, 2.05) is 4.90 Å². The van der Waals surface area contributed by atoms with Gasteiger partial charge in [0.2, 0.25) is 5.91 Å². The fourth-order valence-electron chi connectivity index (χ4n) is 2.62. The molecule has 0 aromatic carbocycles. The molecule has 1 amide bonds. The monoisotopic (exact) mass is 255 g/mol. The lowest BCUT2D eigenvalue weighted by atomic mass is 10.2. The molecule has 2 aliphatic heterocycles. The predicted molar refractivity (Wildman–Crippen MR) is 70.5 cm³/mol. The Morgan fingerprint density at radius 1 is 1.33 bits per heavy atom. The van der Waals surface area contributed by atoms with Gasteiger partial charge in [-0.25, -0.2) is 0 Å². The van der Waals surface area contributed by atoms with Gasteiger partial charge in [0.1, 0.15) is 0 Å². The van der Waals surface area contributed by atoms with Gasteiger partial charge in [0.05, 0.1) is 13.2 Å². The van der Waals surface area contributed by atoms with Crippen molar-refractivity contribution in [3.63, 3.8) is 0 Å². The van der Waals surface area contributed by atoms with E-state index in [0.29, 0.717) is 31.6 Å². The van der Waals surface area contributed by atoms with E-state index >= 15 is 0 Å². The average molecular weight is 255 g/mol. The first kappa shape index (κ1) is 13.8. The highest BCUT2D eigenvalue weighted by atomic mass is 16.5. The summed E-state index contributed by atoms with van der Waals surface area (Å²) in [4.78, 5) is 16.4. The molecular formula is C13H25N3O2. The Kier molecular flexibility index (Phi) is 5.41. The third-order valence-corrected chi connectivity index (χ3v) is 3.84. The van der Waals surface area contributed by atoms with Crippen molar-refractivity contribution in [2.75, 3.05) is 52.5 Å². The van der Waals surface area contributed by atoms with Gasteiger partial charge >= 0.3 is 0 Å². The molecule has 5 nitrogen and oxygen atoms in total. The number of morpholine rings is 1. The lowest BCUT2D eigenvalue weighted by Crippen LogP contribution is -2.50. The quantitative estimate of drug-likeness (QED) is 0.763. The Labute approximate surface area is 109 Å². The molecule has 0 aliphatic carbocycles. The van der Waals surface area contributed by atoms with Crippen molar-refractivity contribution in [1.29, 1.82) is 0 Å². The summed E-state index contributed by atoms with van der Waals surface area (Å²) in [5.74, 6) is 0.293. The van der Waals surface area contributed by atoms with Crippen LogP contribution in [0.25, 0.3) is 0 Å². The van der Waals surface area contributed by atoms with E-state index in [9.17, 15) is 4.79 Å². The van der Waals surface area contributed by atoms with Gasteiger partial charge in [0.25, 0.3) is 0 Å². The highest BCUT2D eigenvalue weighted by molar-refractivity contribution is 5.76. The van der Waals surface area contributed by atoms with Gasteiger partial charge in [-0.15, -0.1) is 0 Å². The standard InChI is InChI=1S/C13H25N3O2/c1-12-11-14-4-6-15(12)5-2-3-13(17)16-7-9-18-10-8-16/h12,14H,2-11H2,1H3/t12-/m0/s1. The molecule has 0 saturated carbocycles. The average Bonchev–Trinajstić information content (AvgIpc) is 2.42. The number of rotatable bonds is 4. The van der Waals surface area contributed by atoms with Crippen LogP contribution < -0.4 is 5.32 Å². The first-order valence-electron chi connectivity index (χ1n) is 7.07. The van der Waals surface area contributed by atoms with E-state index in [-0.39, 0.29) is 0 Å². The molecule has 5 heteroatoms. The van der Waals surface area contributed by atoms with Crippen LogP contribution in [-0.4, -0.2) is 74.2 Å². The molecular weight excluding hydrogens is 230 g/mol. The molecule has 0 aromatic heterocycles. The molecule has 2 rings (SSSR count). The largest absolute Gasteiger partial charge is 0.378 e. The van der Waals surface area contributed by atoms with Gasteiger partial charge in [-0.3, -0.25) is 9.69 Å². The van der Waals surface area contributed by atoms with E-state index in [1.165, 1.54) is 0 Å². The van der Waals surface area contributed by atoms with Crippen molar-refractivity contribution in [2.24, 2.45) is 0 Å². The summed E-state index contributed by atoms with van der Waals surface area (Å²) in [5, 5.41) is 3.38. The third kappa shape index (κ3) is 3.93. The predicted octanol–water partition coefficient (Wildman–Crippen LogP) is -0.0809. The molecule has 0 spiro atoms. The maximum absolute atomic E-state index is 12.0. The molecule has 0 radical (unpaired) electrons. The number of carbonyl (C=O) groups excluding carboxylic acids is 1. The topological polar surface area (TPSA) is 44.8 Å². The van der Waals surface area contributed by atoms with Crippen LogP contribution in [0.2, 0.25) is 0 Å². The second-order valence-electron chi connectivity index (χ2n) is 5.19. The minimum absolute atomic E-state index is 0.293. The number of nitrogens with zero attached hydrogens (tertiary/aromatic N) is 2. The summed E-state index contributed by atoms with van der Waals surface area (Å²) >= 11 is 0. The summed E-state index contributed by atoms with van der Waals surface area (Å²) in [5.41, 5.74) is 0. The zero-order valence-corrected chi connectivity index (χ0v) is 11.4. The maximum atomic E-state index is 12.0. The number of nitrogens with one attached hydrogen (secondary N) is 1. The summed E-state index contributed by atoms with van der Waals surface area (Å²) in [7, 11) is 0. The summed E-state index contributed by atoms with van der Waals surface area (Å²) in [6.45, 7) is 9.45. The Morgan fingerprint density at radius 2 is 2.11 bits per heavy atom. The zero-order chi connectivity index (χ0) is 12.8. The Balaban J connectivity index is 1.63. The molecule has 0 bridgehead atoms. The normalized spacial score (nSPS) is 26.3. The third-order valence-electron chi connectivity index (χ3n) is 3.84. The number of amides is 1. The van der Waals surface area contributed by atoms with Crippen LogP contribution in [0.15, 0.2) is 0 Å². The molecule has 0 unspecified atom stereocenters. The fraction of sp³-hybridized carbons (Fsp3) is 0.923. The zero-order valence-electron chi connectivity index (χ0n) is 11.4. The Bertz CT molecular complexity index is 267. The van der Waals surface area contributed by atoms with Gasteiger partial charge in [0.15, 0.2) is 0 Å². The van der Waals surface area contributed by atoms with Crippen molar-refractivity contribution in [3.8, 4) is 0 Å². The molecule has 2 aliphatic rings. The van der Waals surface area contributed by atoms with Gasteiger partial charge in [-0.1, -0.05) is 0 Å². The van der Waals surface area contributed by atoms with Crippen LogP contribution >= 0.6 is 0 Å². The molecule has 2 heterocycles. The minimum atomic E-state index is 0.293. The van der Waals surface area contributed by atoms with Crippen LogP contribution in [0.5, 0.6) is 0 Å². The van der Waals surface area contributed by atoms with Crippen LogP contribution in [0, 0.1) is 0 Å². The first-order valence-corrected chi connectivity index (χ1v) is 7.07. The first-order chi connectivity index (χ1) is 8.77. The molecule has 2 fully saturated rings. The highest BCUT2D eigenvalue weighted by Gasteiger charge is 2.19. The van der Waals surface area contributed by atoms with Crippen molar-refractivity contribution in [2.45, 2.75) is 25.8 Å². The van der Waals surface area contributed by atoms with Gasteiger partial charge in [-0.05, 0) is 19.9 Å². The number of hydrogen-bond acceptors (Lipinski definition) is 4. The van der Waals surface area contributed by atoms with Gasteiger partial charge in [0, 0.05) is 45.2 Å². The number of hydrogen-bond donors (Lipinski definition) is 1. The molecule has 0 aromatic rings. The van der Waals surface area contributed by atoms with Crippen molar-refractivity contribution in [3.05, 3.63) is 0 Å². The molecule has 1 N–H and O–H groups in total. The van der Waals surface area contributed by atoms with Gasteiger partial charge in [-0.2, -0.15) is 0 Å². The van der Waals surface area contributed by atoms with Crippen LogP contribution in [0.4, 0.5) is 0 Å². The number of ether oxygens (including phenoxy) is 1. The fourth-order valence-corrected chi connectivity index (χ4v) is 2.62. The van der Waals surface area contributed by atoms with E-state index in [1.54, 1.807) is 0 Å². The van der Waals surface area contributed by atoms with Gasteiger partial charge < -0.3 is 15.0 Å². The number of piperazine rings is 1. The van der Waals surface area contributed by atoms with Crippen molar-refractivity contribution in [1.82, 2.24) is 15.1 Å². The SMILES string of the molecule is C[C@H]1CNCCN1CCCC(=O)N1CCOCC1. The summed E-state index contributed by atoms with van der Waals surface area (Å²) < 4.78 is 5.25. The molecule has 18 heavy (non-hydrogen) atoms.